The second-order valence-electron chi connectivity index (χ2n) is 8.85. The Morgan fingerprint density at radius 2 is 1.94 bits per heavy atom. The molecule has 9 heteroatoms. The number of carbonyl (C=O) groups is 1. The number of hydrogen-bond acceptors (Lipinski definition) is 5. The molecule has 3 rings (SSSR count). The molecular formula is C26H32F4N2O3. The highest BCUT2D eigenvalue weighted by Gasteiger charge is 2.37. The van der Waals surface area contributed by atoms with Gasteiger partial charge < -0.3 is 9.47 Å². The minimum atomic E-state index is -4.34. The van der Waals surface area contributed by atoms with Crippen LogP contribution in [0, 0.1) is 5.92 Å². The molecule has 192 valence electrons. The predicted molar refractivity (Wildman–Crippen MR) is 126 cm³/mol. The van der Waals surface area contributed by atoms with Crippen LogP contribution in [0.3, 0.4) is 0 Å². The largest absolute Gasteiger partial charge is 0.492 e. The first-order chi connectivity index (χ1) is 16.7. The van der Waals surface area contributed by atoms with Gasteiger partial charge in [0.05, 0.1) is 31.9 Å². The molecule has 1 aromatic carbocycles. The molecule has 0 bridgehead atoms. The van der Waals surface area contributed by atoms with Crippen LogP contribution in [0.2, 0.25) is 0 Å². The van der Waals surface area contributed by atoms with Crippen molar-refractivity contribution in [1.82, 2.24) is 9.80 Å². The first-order valence-electron chi connectivity index (χ1n) is 11.7. The molecule has 1 atom stereocenters. The number of carbonyl (C=O) groups excluding carboxylic acids is 1. The fraction of sp³-hybridized carbons (Fsp3) is 0.500. The zero-order valence-electron chi connectivity index (χ0n) is 19.9. The zero-order chi connectivity index (χ0) is 25.4. The lowest BCUT2D eigenvalue weighted by atomic mass is 9.89. The monoisotopic (exact) mass is 496 g/mol. The van der Waals surface area contributed by atoms with Crippen molar-refractivity contribution in [3.8, 4) is 5.75 Å². The predicted octanol–water partition coefficient (Wildman–Crippen LogP) is 4.88. The van der Waals surface area contributed by atoms with Crippen LogP contribution in [0.1, 0.15) is 24.4 Å². The van der Waals surface area contributed by atoms with Crippen molar-refractivity contribution in [2.24, 2.45) is 5.92 Å². The van der Waals surface area contributed by atoms with Crippen LogP contribution in [-0.4, -0.2) is 75.1 Å². The molecular weight excluding hydrogens is 464 g/mol. The smallest absolute Gasteiger partial charge is 0.401 e. The Kier molecular flexibility index (Phi) is 9.51. The van der Waals surface area contributed by atoms with Gasteiger partial charge in [-0.25, -0.2) is 4.79 Å². The van der Waals surface area contributed by atoms with E-state index in [0.29, 0.717) is 43.9 Å². The van der Waals surface area contributed by atoms with Gasteiger partial charge in [0, 0.05) is 25.6 Å². The number of likely N-dealkylation sites (tertiary alicyclic amines) is 2. The minimum absolute atomic E-state index is 0.122. The molecule has 0 amide bonds. The quantitative estimate of drug-likeness (QED) is 0.200. The second-order valence-corrected chi connectivity index (χ2v) is 8.85. The topological polar surface area (TPSA) is 42.0 Å². The Hall–Kier alpha value is -2.65. The van der Waals surface area contributed by atoms with Gasteiger partial charge in [0.25, 0.3) is 0 Å². The summed E-state index contributed by atoms with van der Waals surface area (Å²) < 4.78 is 63.0. The molecule has 2 saturated heterocycles. The Balaban J connectivity index is 1.75. The second kappa shape index (κ2) is 12.4. The molecule has 2 heterocycles. The van der Waals surface area contributed by atoms with Crippen LogP contribution in [0.15, 0.2) is 60.2 Å². The molecule has 2 aliphatic heterocycles. The molecule has 0 aliphatic carbocycles. The molecule has 1 aromatic rings. The summed E-state index contributed by atoms with van der Waals surface area (Å²) in [5, 5.41) is 0. The molecule has 0 aromatic heterocycles. The molecule has 0 spiro atoms. The van der Waals surface area contributed by atoms with Crippen molar-refractivity contribution in [3.63, 3.8) is 0 Å². The Morgan fingerprint density at radius 1 is 1.23 bits per heavy atom. The van der Waals surface area contributed by atoms with E-state index in [2.05, 4.69) is 11.5 Å². The number of ether oxygens (including phenoxy) is 2. The molecule has 35 heavy (non-hydrogen) atoms. The lowest BCUT2D eigenvalue weighted by Gasteiger charge is -2.38. The summed E-state index contributed by atoms with van der Waals surface area (Å²) in [7, 11) is 1.26. The van der Waals surface area contributed by atoms with E-state index in [4.69, 9.17) is 9.47 Å². The van der Waals surface area contributed by atoms with Crippen molar-refractivity contribution >= 4 is 5.97 Å². The normalized spacial score (nSPS) is 21.6. The van der Waals surface area contributed by atoms with Crippen LogP contribution < -0.4 is 4.74 Å². The Morgan fingerprint density at radius 3 is 2.54 bits per heavy atom. The van der Waals surface area contributed by atoms with Crippen LogP contribution in [0.25, 0.3) is 0 Å². The minimum Gasteiger partial charge on any atom is -0.492 e. The lowest BCUT2D eigenvalue weighted by molar-refractivity contribution is -0.151. The number of nitrogens with zero attached hydrogens (tertiary/aromatic N) is 2. The van der Waals surface area contributed by atoms with Gasteiger partial charge in [0.1, 0.15) is 12.4 Å². The third-order valence-corrected chi connectivity index (χ3v) is 6.25. The Labute approximate surface area is 203 Å². The summed E-state index contributed by atoms with van der Waals surface area (Å²) in [5.41, 5.74) is 1.72. The van der Waals surface area contributed by atoms with Crippen molar-refractivity contribution < 1.29 is 31.8 Å². The number of rotatable bonds is 10. The van der Waals surface area contributed by atoms with E-state index in [9.17, 15) is 22.4 Å². The van der Waals surface area contributed by atoms with E-state index in [1.807, 2.05) is 0 Å². The van der Waals surface area contributed by atoms with Crippen LogP contribution in [0.5, 0.6) is 5.75 Å². The molecule has 0 saturated carbocycles. The maximum Gasteiger partial charge on any atom is 0.401 e. The molecule has 0 N–H and O–H groups in total. The Bertz CT molecular complexity index is 922. The van der Waals surface area contributed by atoms with E-state index >= 15 is 0 Å². The summed E-state index contributed by atoms with van der Waals surface area (Å²) in [6.45, 7) is 5.22. The summed E-state index contributed by atoms with van der Waals surface area (Å²) >= 11 is 0. The van der Waals surface area contributed by atoms with E-state index in [1.165, 1.54) is 18.1 Å². The molecule has 2 fully saturated rings. The average Bonchev–Trinajstić information content (AvgIpc) is 2.80. The lowest BCUT2D eigenvalue weighted by Crippen LogP contribution is -2.49. The van der Waals surface area contributed by atoms with Crippen LogP contribution in [0.4, 0.5) is 17.6 Å². The van der Waals surface area contributed by atoms with Crippen molar-refractivity contribution in [1.29, 1.82) is 0 Å². The fourth-order valence-corrected chi connectivity index (χ4v) is 4.52. The van der Waals surface area contributed by atoms with E-state index in [-0.39, 0.29) is 18.2 Å². The number of piperidine rings is 1. The van der Waals surface area contributed by atoms with Gasteiger partial charge in [-0.2, -0.15) is 13.2 Å². The molecule has 1 unspecified atom stereocenters. The van der Waals surface area contributed by atoms with Crippen LogP contribution >= 0.6 is 0 Å². The number of hydrogen-bond donors (Lipinski definition) is 0. The number of alkyl halides is 4. The first-order valence-corrected chi connectivity index (χ1v) is 11.7. The SMILES string of the molecule is C=C/C(=C\C=C1/CCCN(CC(F)(F)F)C1c1ccc(OCCN2CC(CF)C2)cc1)C(=O)OC. The summed E-state index contributed by atoms with van der Waals surface area (Å²) in [6, 6.07) is 6.49. The number of esters is 1. The van der Waals surface area contributed by atoms with Gasteiger partial charge in [0.15, 0.2) is 0 Å². The van der Waals surface area contributed by atoms with E-state index < -0.39 is 24.7 Å². The van der Waals surface area contributed by atoms with Crippen molar-refractivity contribution in [2.45, 2.75) is 25.1 Å². The standard InChI is InChI=1S/C26H32F4N2O3/c1-3-20(25(33)34-2)6-7-21-5-4-12-32(18-26(28,29)30)24(21)22-8-10-23(11-9-22)35-14-13-31-16-19(15-27)17-31/h3,6-11,19,24H,1,4-5,12-18H2,2H3/b20-6+,21-7+. The summed E-state index contributed by atoms with van der Waals surface area (Å²) in [6.07, 6.45) is 1.44. The first kappa shape index (κ1) is 26.9. The summed E-state index contributed by atoms with van der Waals surface area (Å²) in [5.74, 6) is 0.188. The highest BCUT2D eigenvalue weighted by atomic mass is 19.4. The average molecular weight is 497 g/mol. The molecule has 5 nitrogen and oxygen atoms in total. The van der Waals surface area contributed by atoms with E-state index in [0.717, 1.165) is 18.7 Å². The van der Waals surface area contributed by atoms with Crippen molar-refractivity contribution in [3.05, 3.63) is 65.8 Å². The third-order valence-electron chi connectivity index (χ3n) is 6.25. The van der Waals surface area contributed by atoms with Gasteiger partial charge >= 0.3 is 12.1 Å². The highest BCUT2D eigenvalue weighted by Crippen LogP contribution is 2.38. The third kappa shape index (κ3) is 7.67. The summed E-state index contributed by atoms with van der Waals surface area (Å²) in [4.78, 5) is 15.4. The van der Waals surface area contributed by atoms with Gasteiger partial charge in [-0.3, -0.25) is 14.2 Å². The highest BCUT2D eigenvalue weighted by molar-refractivity contribution is 5.91. The number of allylic oxidation sites excluding steroid dienone is 2. The van der Waals surface area contributed by atoms with Crippen LogP contribution in [-0.2, 0) is 9.53 Å². The molecule has 0 radical (unpaired) electrons. The number of halogens is 4. The van der Waals surface area contributed by atoms with Gasteiger partial charge in [-0.05, 0) is 48.7 Å². The zero-order valence-corrected chi connectivity index (χ0v) is 19.9. The molecule has 2 aliphatic rings. The number of benzene rings is 1. The van der Waals surface area contributed by atoms with Gasteiger partial charge in [-0.15, -0.1) is 0 Å². The van der Waals surface area contributed by atoms with Crippen molar-refractivity contribution in [2.75, 3.05) is 53.1 Å². The maximum atomic E-state index is 13.3. The van der Waals surface area contributed by atoms with Gasteiger partial charge in [-0.1, -0.05) is 30.9 Å². The maximum absolute atomic E-state index is 13.3. The fourth-order valence-electron chi connectivity index (χ4n) is 4.52. The number of methoxy groups -OCH3 is 1. The van der Waals surface area contributed by atoms with E-state index in [1.54, 1.807) is 36.4 Å². The van der Waals surface area contributed by atoms with Gasteiger partial charge in [0.2, 0.25) is 0 Å².